The van der Waals surface area contributed by atoms with E-state index < -0.39 is 10.8 Å². The van der Waals surface area contributed by atoms with Gasteiger partial charge in [0.05, 0.1) is 4.92 Å². The van der Waals surface area contributed by atoms with Crippen molar-refractivity contribution in [2.75, 3.05) is 5.32 Å². The minimum absolute atomic E-state index is 0.133. The summed E-state index contributed by atoms with van der Waals surface area (Å²) in [5, 5.41) is 22.0. The van der Waals surface area contributed by atoms with Crippen LogP contribution in [0, 0.1) is 10.1 Å². The number of carbonyl (C=O) groups is 1. The van der Waals surface area contributed by atoms with E-state index in [9.17, 15) is 14.9 Å². The largest absolute Gasteiger partial charge is 0.296 e. The lowest BCUT2D eigenvalue weighted by molar-refractivity contribution is -0.385. The number of hydrogen-bond donors (Lipinski definition) is 1. The van der Waals surface area contributed by atoms with Gasteiger partial charge in [-0.15, -0.1) is 10.2 Å². The number of rotatable bonds is 6. The molecule has 0 saturated heterocycles. The third kappa shape index (κ3) is 5.25. The van der Waals surface area contributed by atoms with Gasteiger partial charge in [-0.2, -0.15) is 0 Å². The fourth-order valence-corrected chi connectivity index (χ4v) is 4.20. The van der Waals surface area contributed by atoms with Gasteiger partial charge in [-0.3, -0.25) is 20.2 Å². The van der Waals surface area contributed by atoms with Crippen molar-refractivity contribution in [3.63, 3.8) is 0 Å². The minimum Gasteiger partial charge on any atom is -0.296 e. The zero-order valence-corrected chi connectivity index (χ0v) is 17.4. The first-order valence-corrected chi connectivity index (χ1v) is 10.4. The van der Waals surface area contributed by atoms with Gasteiger partial charge >= 0.3 is 0 Å². The molecule has 1 amide bonds. The van der Waals surface area contributed by atoms with Gasteiger partial charge in [0.2, 0.25) is 5.13 Å². The van der Waals surface area contributed by atoms with E-state index >= 15 is 0 Å². The number of benzene rings is 2. The van der Waals surface area contributed by atoms with Crippen LogP contribution in [-0.4, -0.2) is 21.0 Å². The number of nitrogens with zero attached hydrogens (tertiary/aromatic N) is 3. The van der Waals surface area contributed by atoms with Crippen LogP contribution in [0.4, 0.5) is 10.8 Å². The molecular formula is C16H10BrClN4O3S2. The Hall–Kier alpha value is -2.01. The van der Waals surface area contributed by atoms with Crippen LogP contribution >= 0.6 is 50.6 Å². The molecule has 1 N–H and O–H groups in total. The van der Waals surface area contributed by atoms with Gasteiger partial charge < -0.3 is 0 Å². The predicted octanol–water partition coefficient (Wildman–Crippen LogP) is 5.41. The number of nitrogens with one attached hydrogen (secondary N) is 1. The molecule has 0 spiro atoms. The zero-order chi connectivity index (χ0) is 19.4. The number of nitro groups is 1. The molecule has 1 heterocycles. The molecule has 0 saturated carbocycles. The van der Waals surface area contributed by atoms with Crippen LogP contribution in [0.3, 0.4) is 0 Å². The Morgan fingerprint density at radius 2 is 2.00 bits per heavy atom. The second kappa shape index (κ2) is 8.79. The van der Waals surface area contributed by atoms with Gasteiger partial charge in [0.1, 0.15) is 5.56 Å². The van der Waals surface area contributed by atoms with Crippen LogP contribution in [0.1, 0.15) is 15.9 Å². The molecule has 0 atom stereocenters. The molecule has 27 heavy (non-hydrogen) atoms. The standard InChI is InChI=1S/C16H10BrClN4O3S2/c17-10-3-1-9(2-4-10)8-26-16-21-20-15(27-16)19-14(23)12-7-11(18)5-6-13(12)22(24)25/h1-7H,8H2,(H,19,20,23). The average Bonchev–Trinajstić information content (AvgIpc) is 3.08. The van der Waals surface area contributed by atoms with Crippen molar-refractivity contribution in [1.82, 2.24) is 10.2 Å². The van der Waals surface area contributed by atoms with Crippen LogP contribution in [0.2, 0.25) is 5.02 Å². The second-order valence-electron chi connectivity index (χ2n) is 5.16. The van der Waals surface area contributed by atoms with Crippen molar-refractivity contribution in [3.05, 3.63) is 73.2 Å². The monoisotopic (exact) mass is 484 g/mol. The number of halogens is 2. The highest BCUT2D eigenvalue weighted by Gasteiger charge is 2.21. The average molecular weight is 486 g/mol. The Morgan fingerprint density at radius 1 is 1.26 bits per heavy atom. The lowest BCUT2D eigenvalue weighted by Gasteiger charge is -2.03. The third-order valence-electron chi connectivity index (χ3n) is 3.30. The number of thioether (sulfide) groups is 1. The first-order valence-electron chi connectivity index (χ1n) is 7.38. The fraction of sp³-hybridized carbons (Fsp3) is 0.0625. The molecule has 138 valence electrons. The molecule has 0 unspecified atom stereocenters. The normalized spacial score (nSPS) is 10.6. The molecule has 0 fully saturated rings. The van der Waals surface area contributed by atoms with E-state index in [-0.39, 0.29) is 21.4 Å². The Bertz CT molecular complexity index is 998. The topological polar surface area (TPSA) is 98.0 Å². The van der Waals surface area contributed by atoms with Gasteiger partial charge in [0.25, 0.3) is 11.6 Å². The maximum atomic E-state index is 12.4. The molecule has 2 aromatic carbocycles. The van der Waals surface area contributed by atoms with Crippen molar-refractivity contribution < 1.29 is 9.72 Å². The van der Waals surface area contributed by atoms with Crippen LogP contribution in [0.25, 0.3) is 0 Å². The zero-order valence-electron chi connectivity index (χ0n) is 13.4. The molecule has 3 aromatic rings. The summed E-state index contributed by atoms with van der Waals surface area (Å²) in [5.41, 5.74) is 0.663. The van der Waals surface area contributed by atoms with Crippen molar-refractivity contribution >= 4 is 67.4 Å². The molecule has 0 radical (unpaired) electrons. The SMILES string of the molecule is O=C(Nc1nnc(SCc2ccc(Br)cc2)s1)c1cc(Cl)ccc1[N+](=O)[O-]. The van der Waals surface area contributed by atoms with E-state index in [0.717, 1.165) is 10.0 Å². The quantitative estimate of drug-likeness (QED) is 0.217. The summed E-state index contributed by atoms with van der Waals surface area (Å²) < 4.78 is 1.68. The van der Waals surface area contributed by atoms with E-state index in [1.165, 1.54) is 41.3 Å². The fourth-order valence-electron chi connectivity index (χ4n) is 2.06. The molecule has 7 nitrogen and oxygen atoms in total. The van der Waals surface area contributed by atoms with Crippen LogP contribution in [-0.2, 0) is 5.75 Å². The third-order valence-corrected chi connectivity index (χ3v) is 6.11. The van der Waals surface area contributed by atoms with Gasteiger partial charge in [0.15, 0.2) is 4.34 Å². The van der Waals surface area contributed by atoms with E-state index in [2.05, 4.69) is 31.4 Å². The number of nitro benzene ring substituents is 1. The van der Waals surface area contributed by atoms with E-state index in [1.54, 1.807) is 0 Å². The van der Waals surface area contributed by atoms with Gasteiger partial charge in [-0.05, 0) is 29.8 Å². The van der Waals surface area contributed by atoms with Gasteiger partial charge in [-0.25, -0.2) is 0 Å². The van der Waals surface area contributed by atoms with Crippen molar-refractivity contribution in [2.24, 2.45) is 0 Å². The summed E-state index contributed by atoms with van der Waals surface area (Å²) in [4.78, 5) is 22.8. The van der Waals surface area contributed by atoms with Crippen LogP contribution in [0.5, 0.6) is 0 Å². The summed E-state index contributed by atoms with van der Waals surface area (Å²) in [6, 6.07) is 11.7. The molecule has 0 aliphatic heterocycles. The highest BCUT2D eigenvalue weighted by atomic mass is 79.9. The molecule has 0 bridgehead atoms. The predicted molar refractivity (Wildman–Crippen MR) is 110 cm³/mol. The lowest BCUT2D eigenvalue weighted by Crippen LogP contribution is -2.13. The summed E-state index contributed by atoms with van der Waals surface area (Å²) >= 11 is 11.9. The maximum Gasteiger partial charge on any atom is 0.282 e. The first-order chi connectivity index (χ1) is 12.9. The van der Waals surface area contributed by atoms with Crippen LogP contribution in [0.15, 0.2) is 51.3 Å². The van der Waals surface area contributed by atoms with E-state index in [4.69, 9.17) is 11.6 Å². The van der Waals surface area contributed by atoms with E-state index in [1.807, 2.05) is 24.3 Å². The maximum absolute atomic E-state index is 12.4. The summed E-state index contributed by atoms with van der Waals surface area (Å²) in [5.74, 6) is 0.0418. The Morgan fingerprint density at radius 3 is 2.70 bits per heavy atom. The highest BCUT2D eigenvalue weighted by Crippen LogP contribution is 2.30. The summed E-state index contributed by atoms with van der Waals surface area (Å²) in [7, 11) is 0. The number of carbonyl (C=O) groups excluding carboxylic acids is 1. The number of aromatic nitrogens is 2. The summed E-state index contributed by atoms with van der Waals surface area (Å²) in [6.45, 7) is 0. The minimum atomic E-state index is -0.662. The smallest absolute Gasteiger partial charge is 0.282 e. The van der Waals surface area contributed by atoms with Gasteiger partial charge in [-0.1, -0.05) is 62.8 Å². The molecule has 0 aliphatic carbocycles. The van der Waals surface area contributed by atoms with Crippen molar-refractivity contribution in [1.29, 1.82) is 0 Å². The molecule has 1 aromatic heterocycles. The highest BCUT2D eigenvalue weighted by molar-refractivity contribution is 9.10. The number of anilines is 1. The Kier molecular flexibility index (Phi) is 6.42. The van der Waals surface area contributed by atoms with Crippen molar-refractivity contribution in [3.8, 4) is 0 Å². The lowest BCUT2D eigenvalue weighted by atomic mass is 10.1. The Labute approximate surface area is 175 Å². The molecule has 3 rings (SSSR count). The molecule has 0 aliphatic rings. The van der Waals surface area contributed by atoms with Crippen LogP contribution < -0.4 is 5.32 Å². The first kappa shape index (κ1) is 19.7. The van der Waals surface area contributed by atoms with Crippen molar-refractivity contribution in [2.45, 2.75) is 10.1 Å². The number of hydrogen-bond acceptors (Lipinski definition) is 7. The molecule has 11 heteroatoms. The molecular weight excluding hydrogens is 476 g/mol. The Balaban J connectivity index is 1.67. The second-order valence-corrected chi connectivity index (χ2v) is 8.71. The van der Waals surface area contributed by atoms with E-state index in [0.29, 0.717) is 10.1 Å². The number of amides is 1. The summed E-state index contributed by atoms with van der Waals surface area (Å²) in [6.07, 6.45) is 0. The van der Waals surface area contributed by atoms with Gasteiger partial charge in [0, 0.05) is 21.3 Å².